The number of aryl methyl sites for hydroxylation is 1. The van der Waals surface area contributed by atoms with Crippen LogP contribution in [0.2, 0.25) is 0 Å². The molecule has 162 valence electrons. The van der Waals surface area contributed by atoms with Gasteiger partial charge in [0.1, 0.15) is 0 Å². The van der Waals surface area contributed by atoms with Crippen LogP contribution < -0.4 is 11.1 Å². The van der Waals surface area contributed by atoms with Crippen LogP contribution in [0.25, 0.3) is 0 Å². The smallest absolute Gasteiger partial charge is 0.291 e. The van der Waals surface area contributed by atoms with Crippen molar-refractivity contribution in [3.05, 3.63) is 101 Å². The maximum absolute atomic E-state index is 12.8. The summed E-state index contributed by atoms with van der Waals surface area (Å²) in [5.41, 5.74) is 10.3. The maximum Gasteiger partial charge on any atom is 0.291 e. The molecule has 0 saturated heterocycles. The highest BCUT2D eigenvalue weighted by Gasteiger charge is 2.26. The molecule has 33 heavy (non-hydrogen) atoms. The summed E-state index contributed by atoms with van der Waals surface area (Å²) >= 11 is 0. The monoisotopic (exact) mass is 436 g/mol. The first-order chi connectivity index (χ1) is 16.0. The minimum atomic E-state index is -1.21. The number of amidine groups is 1. The first kappa shape index (κ1) is 21.5. The molecule has 1 atom stereocenters. The second kappa shape index (κ2) is 9.16. The number of hydrogen-bond acceptors (Lipinski definition) is 6. The second-order valence-corrected chi connectivity index (χ2v) is 7.29. The highest BCUT2D eigenvalue weighted by molar-refractivity contribution is 6.19. The number of para-hydroxylation sites is 1. The van der Waals surface area contributed by atoms with Gasteiger partial charge in [-0.1, -0.05) is 48.5 Å². The summed E-state index contributed by atoms with van der Waals surface area (Å²) in [6.45, 7) is 1.76. The Balaban J connectivity index is 1.65. The van der Waals surface area contributed by atoms with Gasteiger partial charge in [0.25, 0.3) is 11.9 Å². The lowest BCUT2D eigenvalue weighted by Gasteiger charge is -2.10. The van der Waals surface area contributed by atoms with Gasteiger partial charge in [-0.15, -0.1) is 0 Å². The molecule has 1 unspecified atom stereocenters. The van der Waals surface area contributed by atoms with Crippen LogP contribution in [0.15, 0.2) is 82.8 Å². The van der Waals surface area contributed by atoms with Gasteiger partial charge < -0.3 is 15.8 Å². The molecule has 4 rings (SSSR count). The summed E-state index contributed by atoms with van der Waals surface area (Å²) in [5, 5.41) is 20.1. The van der Waals surface area contributed by atoms with Crippen LogP contribution in [0.3, 0.4) is 0 Å². The number of rotatable bonds is 3. The van der Waals surface area contributed by atoms with Crippen molar-refractivity contribution in [3.63, 3.8) is 0 Å². The summed E-state index contributed by atoms with van der Waals surface area (Å²) in [6.07, 6.45) is -1.21. The topological polar surface area (TPSA) is 137 Å². The fourth-order valence-electron chi connectivity index (χ4n) is 3.40. The zero-order chi connectivity index (χ0) is 23.4. The number of ether oxygens (including phenoxy) is 1. The molecule has 1 amide bonds. The van der Waals surface area contributed by atoms with Crippen LogP contribution in [-0.2, 0) is 9.53 Å². The molecule has 0 aromatic heterocycles. The van der Waals surface area contributed by atoms with E-state index in [0.29, 0.717) is 28.1 Å². The largest absolute Gasteiger partial charge is 0.407 e. The first-order valence-electron chi connectivity index (χ1n) is 10.1. The van der Waals surface area contributed by atoms with Gasteiger partial charge in [-0.3, -0.25) is 10.2 Å². The molecule has 0 fully saturated rings. The molecule has 8 nitrogen and oxygen atoms in total. The van der Waals surface area contributed by atoms with Gasteiger partial charge in [0.2, 0.25) is 12.1 Å². The number of nitrogens with zero attached hydrogens (tertiary/aromatic N) is 3. The first-order valence-corrected chi connectivity index (χ1v) is 10.1. The Hall–Kier alpha value is -4.77. The summed E-state index contributed by atoms with van der Waals surface area (Å²) in [6, 6.07) is 23.4. The Morgan fingerprint density at radius 2 is 1.88 bits per heavy atom. The lowest BCUT2D eigenvalue weighted by Crippen LogP contribution is -2.29. The zero-order valence-electron chi connectivity index (χ0n) is 17.7. The van der Waals surface area contributed by atoms with E-state index in [4.69, 9.17) is 21.1 Å². The van der Waals surface area contributed by atoms with E-state index in [2.05, 4.69) is 21.4 Å². The normalized spacial score (nSPS) is 15.4. The van der Waals surface area contributed by atoms with Crippen LogP contribution in [-0.4, -0.2) is 29.7 Å². The Morgan fingerprint density at radius 3 is 2.61 bits per heavy atom. The number of nitrogens with one attached hydrogen (secondary N) is 2. The maximum atomic E-state index is 12.8. The molecule has 1 heterocycles. The number of anilines is 1. The summed E-state index contributed by atoms with van der Waals surface area (Å²) < 4.78 is 5.35. The summed E-state index contributed by atoms with van der Waals surface area (Å²) in [4.78, 5) is 21.6. The van der Waals surface area contributed by atoms with E-state index in [1.165, 1.54) is 0 Å². The predicted molar refractivity (Wildman–Crippen MR) is 126 cm³/mol. The van der Waals surface area contributed by atoms with Crippen LogP contribution in [0.1, 0.15) is 27.8 Å². The van der Waals surface area contributed by atoms with E-state index in [-0.39, 0.29) is 11.9 Å². The van der Waals surface area contributed by atoms with Gasteiger partial charge in [-0.2, -0.15) is 10.3 Å². The number of nitrogens with two attached hydrogens (primary N) is 1. The van der Waals surface area contributed by atoms with E-state index in [1.807, 2.05) is 48.5 Å². The molecule has 0 bridgehead atoms. The van der Waals surface area contributed by atoms with E-state index in [9.17, 15) is 4.79 Å². The number of benzene rings is 3. The van der Waals surface area contributed by atoms with Crippen molar-refractivity contribution in [2.45, 2.75) is 13.1 Å². The highest BCUT2D eigenvalue weighted by atomic mass is 16.5. The van der Waals surface area contributed by atoms with Crippen molar-refractivity contribution in [3.8, 4) is 6.07 Å². The number of carbonyl (C=O) groups is 1. The number of hydrogen-bond donors (Lipinski definition) is 3. The van der Waals surface area contributed by atoms with Gasteiger partial charge in [0.05, 0.1) is 23.0 Å². The van der Waals surface area contributed by atoms with Gasteiger partial charge in [0.15, 0.2) is 0 Å². The number of fused-ring (bicyclic) bond motifs is 1. The number of amides is 1. The standard InChI is InChI=1S/C25H20N6O2/c1-15-13-17(11-12-18(15)14-26)22(27)33-25(28)31-23-24(32)29-20-10-6-5-9-19(20)21(30-23)16-7-3-2-4-8-16/h2-13,23,27H,1H3,(H2,28,31)(H,29,32). The van der Waals surface area contributed by atoms with E-state index < -0.39 is 12.1 Å². The molecule has 8 heteroatoms. The molecular formula is C25H20N6O2. The minimum absolute atomic E-state index is 0.256. The fraction of sp³-hybridized carbons (Fsp3) is 0.0800. The van der Waals surface area contributed by atoms with Crippen molar-refractivity contribution in [1.29, 1.82) is 10.7 Å². The lowest BCUT2D eigenvalue weighted by atomic mass is 10.0. The molecule has 0 saturated carbocycles. The van der Waals surface area contributed by atoms with Crippen LogP contribution >= 0.6 is 0 Å². The third-order valence-corrected chi connectivity index (χ3v) is 5.04. The average Bonchev–Trinajstić information content (AvgIpc) is 2.95. The molecule has 3 aromatic carbocycles. The highest BCUT2D eigenvalue weighted by Crippen LogP contribution is 2.24. The van der Waals surface area contributed by atoms with Gasteiger partial charge >= 0.3 is 0 Å². The number of aliphatic imine (C=N–C) groups is 2. The number of carbonyl (C=O) groups excluding carboxylic acids is 1. The Labute approximate surface area is 190 Å². The van der Waals surface area contributed by atoms with Crippen LogP contribution in [0, 0.1) is 23.7 Å². The van der Waals surface area contributed by atoms with Crippen molar-refractivity contribution < 1.29 is 9.53 Å². The molecule has 1 aliphatic heterocycles. The average molecular weight is 436 g/mol. The molecular weight excluding hydrogens is 416 g/mol. The summed E-state index contributed by atoms with van der Waals surface area (Å²) in [7, 11) is 0. The zero-order valence-corrected chi connectivity index (χ0v) is 17.7. The van der Waals surface area contributed by atoms with Crippen molar-refractivity contribution in [2.75, 3.05) is 5.32 Å². The van der Waals surface area contributed by atoms with E-state index in [0.717, 1.165) is 11.1 Å². The van der Waals surface area contributed by atoms with Crippen LogP contribution in [0.5, 0.6) is 0 Å². The molecule has 3 aromatic rings. The molecule has 1 aliphatic rings. The van der Waals surface area contributed by atoms with Gasteiger partial charge in [-0.25, -0.2) is 4.99 Å². The van der Waals surface area contributed by atoms with Crippen LogP contribution in [0.4, 0.5) is 5.69 Å². The van der Waals surface area contributed by atoms with Gasteiger partial charge in [-0.05, 0) is 36.8 Å². The molecule has 4 N–H and O–H groups in total. The lowest BCUT2D eigenvalue weighted by molar-refractivity contribution is -0.117. The quantitative estimate of drug-likeness (QED) is 0.428. The van der Waals surface area contributed by atoms with Crippen molar-refractivity contribution >= 4 is 29.2 Å². The summed E-state index contributed by atoms with van der Waals surface area (Å²) in [5.74, 6) is -0.728. The SMILES string of the molecule is Cc1cc(C(=N)OC(N)=NC2N=C(c3ccccc3)c3ccccc3NC2=O)ccc1C#N. The number of benzodiazepines with no additional fused rings is 1. The van der Waals surface area contributed by atoms with E-state index in [1.54, 1.807) is 31.2 Å². The molecule has 0 spiro atoms. The van der Waals surface area contributed by atoms with Crippen molar-refractivity contribution in [2.24, 2.45) is 15.7 Å². The Morgan fingerprint density at radius 1 is 1.15 bits per heavy atom. The third kappa shape index (κ3) is 4.62. The van der Waals surface area contributed by atoms with Gasteiger partial charge in [0, 0.05) is 16.7 Å². The predicted octanol–water partition coefficient (Wildman–Crippen LogP) is 3.34. The minimum Gasteiger partial charge on any atom is -0.407 e. The number of nitriles is 1. The Bertz CT molecular complexity index is 1340. The second-order valence-electron chi connectivity index (χ2n) is 7.29. The molecule has 0 radical (unpaired) electrons. The Kier molecular flexibility index (Phi) is 5.96. The third-order valence-electron chi connectivity index (χ3n) is 5.04. The van der Waals surface area contributed by atoms with E-state index >= 15 is 0 Å². The van der Waals surface area contributed by atoms with Crippen molar-refractivity contribution in [1.82, 2.24) is 0 Å². The molecule has 0 aliphatic carbocycles. The fourth-order valence-corrected chi connectivity index (χ4v) is 3.40.